The van der Waals surface area contributed by atoms with E-state index in [4.69, 9.17) is 4.74 Å². The van der Waals surface area contributed by atoms with Crippen LogP contribution in [0.25, 0.3) is 0 Å². The lowest BCUT2D eigenvalue weighted by Gasteiger charge is -2.14. The largest absolute Gasteiger partial charge is 0.481 e. The van der Waals surface area contributed by atoms with Crippen LogP contribution in [0.2, 0.25) is 0 Å². The lowest BCUT2D eigenvalue weighted by molar-refractivity contribution is 0.393. The van der Waals surface area contributed by atoms with Crippen LogP contribution in [0.3, 0.4) is 0 Å². The zero-order chi connectivity index (χ0) is 10.7. The van der Waals surface area contributed by atoms with E-state index < -0.39 is 0 Å². The molecule has 1 aliphatic heterocycles. The first-order valence-corrected chi connectivity index (χ1v) is 6.16. The molecule has 1 fully saturated rings. The quantitative estimate of drug-likeness (QED) is 0.848. The van der Waals surface area contributed by atoms with Crippen LogP contribution in [-0.2, 0) is 0 Å². The first-order valence-electron chi connectivity index (χ1n) is 5.01. The third kappa shape index (κ3) is 2.34. The van der Waals surface area contributed by atoms with Gasteiger partial charge in [0, 0.05) is 11.8 Å². The first-order chi connectivity index (χ1) is 7.31. The van der Waals surface area contributed by atoms with E-state index in [1.54, 1.807) is 7.11 Å². The van der Waals surface area contributed by atoms with Crippen molar-refractivity contribution in [2.75, 3.05) is 23.9 Å². The summed E-state index contributed by atoms with van der Waals surface area (Å²) in [5.74, 6) is 3.94. The second-order valence-corrected chi connectivity index (χ2v) is 4.71. The molecule has 1 aromatic rings. The Balaban J connectivity index is 2.13. The number of hydrogen-bond donors (Lipinski definition) is 1. The number of ether oxygens (including phenoxy) is 1. The van der Waals surface area contributed by atoms with Gasteiger partial charge in [-0.1, -0.05) is 0 Å². The Bertz CT molecular complexity index is 339. The minimum Gasteiger partial charge on any atom is -0.481 e. The summed E-state index contributed by atoms with van der Waals surface area (Å²) in [7, 11) is 1.63. The fourth-order valence-electron chi connectivity index (χ4n) is 1.63. The molecule has 0 radical (unpaired) electrons. The summed E-state index contributed by atoms with van der Waals surface area (Å²) in [4.78, 5) is 8.29. The Morgan fingerprint density at radius 2 is 2.40 bits per heavy atom. The summed E-state index contributed by atoms with van der Waals surface area (Å²) in [5, 5.41) is 3.43. The number of hydrogen-bond acceptors (Lipinski definition) is 5. The molecule has 1 saturated heterocycles. The number of thioether (sulfide) groups is 1. The molecule has 1 unspecified atom stereocenters. The van der Waals surface area contributed by atoms with Gasteiger partial charge in [-0.3, -0.25) is 0 Å². The monoisotopic (exact) mass is 225 g/mol. The summed E-state index contributed by atoms with van der Waals surface area (Å²) >= 11 is 1.98. The number of rotatable bonds is 3. The van der Waals surface area contributed by atoms with Crippen molar-refractivity contribution in [3.05, 3.63) is 11.9 Å². The SMILES string of the molecule is COc1ncnc(NC2CCSC2)c1C. The van der Waals surface area contributed by atoms with Gasteiger partial charge in [0.05, 0.1) is 12.7 Å². The van der Waals surface area contributed by atoms with Crippen molar-refractivity contribution in [3.8, 4) is 5.88 Å². The van der Waals surface area contributed by atoms with Gasteiger partial charge in [0.25, 0.3) is 0 Å². The highest BCUT2D eigenvalue weighted by Crippen LogP contribution is 2.24. The number of nitrogens with one attached hydrogen (secondary N) is 1. The fourth-order valence-corrected chi connectivity index (χ4v) is 2.78. The second kappa shape index (κ2) is 4.70. The van der Waals surface area contributed by atoms with Crippen molar-refractivity contribution in [2.24, 2.45) is 0 Å². The van der Waals surface area contributed by atoms with Gasteiger partial charge in [-0.2, -0.15) is 11.8 Å². The molecule has 0 aromatic carbocycles. The Hall–Kier alpha value is -0.970. The van der Waals surface area contributed by atoms with Crippen LogP contribution in [0.1, 0.15) is 12.0 Å². The normalized spacial score (nSPS) is 20.3. The molecule has 1 aliphatic rings. The molecule has 1 atom stereocenters. The summed E-state index contributed by atoms with van der Waals surface area (Å²) in [6.45, 7) is 1.98. The zero-order valence-electron chi connectivity index (χ0n) is 8.99. The number of anilines is 1. The van der Waals surface area contributed by atoms with E-state index in [0.717, 1.165) is 17.1 Å². The molecule has 1 N–H and O–H groups in total. The third-order valence-electron chi connectivity index (χ3n) is 2.50. The Labute approximate surface area is 93.8 Å². The molecule has 0 saturated carbocycles. The van der Waals surface area contributed by atoms with Crippen LogP contribution in [0.5, 0.6) is 5.88 Å². The summed E-state index contributed by atoms with van der Waals surface area (Å²) in [6, 6.07) is 0.535. The molecule has 0 aliphatic carbocycles. The first kappa shape index (κ1) is 10.5. The van der Waals surface area contributed by atoms with Crippen LogP contribution < -0.4 is 10.1 Å². The van der Waals surface area contributed by atoms with E-state index in [-0.39, 0.29) is 0 Å². The fraction of sp³-hybridized carbons (Fsp3) is 0.600. The smallest absolute Gasteiger partial charge is 0.221 e. The topological polar surface area (TPSA) is 47.0 Å². The molecule has 5 heteroatoms. The highest BCUT2D eigenvalue weighted by Gasteiger charge is 2.17. The number of nitrogens with zero attached hydrogens (tertiary/aromatic N) is 2. The molecule has 2 heterocycles. The maximum absolute atomic E-state index is 5.15. The van der Waals surface area contributed by atoms with E-state index in [1.807, 2.05) is 18.7 Å². The van der Waals surface area contributed by atoms with Crippen LogP contribution in [-0.4, -0.2) is 34.6 Å². The average molecular weight is 225 g/mol. The molecule has 1 aromatic heterocycles. The molecular weight excluding hydrogens is 210 g/mol. The number of methoxy groups -OCH3 is 1. The van der Waals surface area contributed by atoms with Crippen LogP contribution in [0.4, 0.5) is 5.82 Å². The minimum atomic E-state index is 0.535. The molecule has 2 rings (SSSR count). The van der Waals surface area contributed by atoms with Crippen molar-refractivity contribution < 1.29 is 4.74 Å². The Morgan fingerprint density at radius 3 is 3.07 bits per heavy atom. The van der Waals surface area contributed by atoms with Crippen LogP contribution in [0, 0.1) is 6.92 Å². The van der Waals surface area contributed by atoms with Crippen molar-refractivity contribution in [1.29, 1.82) is 0 Å². The third-order valence-corrected chi connectivity index (χ3v) is 3.66. The maximum atomic E-state index is 5.15. The number of aromatic nitrogens is 2. The molecule has 0 bridgehead atoms. The van der Waals surface area contributed by atoms with Gasteiger partial charge in [-0.25, -0.2) is 9.97 Å². The minimum absolute atomic E-state index is 0.535. The summed E-state index contributed by atoms with van der Waals surface area (Å²) in [6.07, 6.45) is 2.74. The van der Waals surface area contributed by atoms with Crippen molar-refractivity contribution in [3.63, 3.8) is 0 Å². The van der Waals surface area contributed by atoms with Gasteiger partial charge < -0.3 is 10.1 Å². The molecule has 0 amide bonds. The molecule has 15 heavy (non-hydrogen) atoms. The predicted octanol–water partition coefficient (Wildman–Crippen LogP) is 1.71. The van der Waals surface area contributed by atoms with Crippen LogP contribution in [0.15, 0.2) is 6.33 Å². The van der Waals surface area contributed by atoms with Crippen molar-refractivity contribution in [2.45, 2.75) is 19.4 Å². The van der Waals surface area contributed by atoms with Gasteiger partial charge in [0.2, 0.25) is 5.88 Å². The standard InChI is InChI=1S/C10H15N3OS/c1-7-9(11-6-12-10(7)14-2)13-8-3-4-15-5-8/h6,8H,3-5H2,1-2H3,(H,11,12,13). The summed E-state index contributed by atoms with van der Waals surface area (Å²) in [5.41, 5.74) is 0.983. The summed E-state index contributed by atoms with van der Waals surface area (Å²) < 4.78 is 5.15. The molecule has 4 nitrogen and oxygen atoms in total. The van der Waals surface area contributed by atoms with Crippen molar-refractivity contribution in [1.82, 2.24) is 9.97 Å². The van der Waals surface area contributed by atoms with E-state index >= 15 is 0 Å². The van der Waals surface area contributed by atoms with Gasteiger partial charge in [-0.05, 0) is 19.1 Å². The average Bonchev–Trinajstić information content (AvgIpc) is 2.74. The van der Waals surface area contributed by atoms with Gasteiger partial charge in [0.15, 0.2) is 0 Å². The Kier molecular flexibility index (Phi) is 3.30. The Morgan fingerprint density at radius 1 is 1.53 bits per heavy atom. The van der Waals surface area contributed by atoms with E-state index in [1.165, 1.54) is 18.5 Å². The van der Waals surface area contributed by atoms with E-state index in [2.05, 4.69) is 15.3 Å². The van der Waals surface area contributed by atoms with Crippen LogP contribution >= 0.6 is 11.8 Å². The lowest BCUT2D eigenvalue weighted by atomic mass is 10.2. The van der Waals surface area contributed by atoms with Gasteiger partial charge >= 0.3 is 0 Å². The highest BCUT2D eigenvalue weighted by atomic mass is 32.2. The molecular formula is C10H15N3OS. The highest BCUT2D eigenvalue weighted by molar-refractivity contribution is 7.99. The maximum Gasteiger partial charge on any atom is 0.221 e. The predicted molar refractivity (Wildman–Crippen MR) is 62.7 cm³/mol. The van der Waals surface area contributed by atoms with E-state index in [9.17, 15) is 0 Å². The lowest BCUT2D eigenvalue weighted by Crippen LogP contribution is -2.19. The molecule has 0 spiro atoms. The zero-order valence-corrected chi connectivity index (χ0v) is 9.80. The van der Waals surface area contributed by atoms with Gasteiger partial charge in [-0.15, -0.1) is 0 Å². The molecule has 82 valence electrons. The second-order valence-electron chi connectivity index (χ2n) is 3.56. The van der Waals surface area contributed by atoms with Crippen molar-refractivity contribution >= 4 is 17.6 Å². The van der Waals surface area contributed by atoms with Gasteiger partial charge in [0.1, 0.15) is 12.1 Å². The van der Waals surface area contributed by atoms with E-state index in [0.29, 0.717) is 11.9 Å².